The molecular formula is C38H58. The van der Waals surface area contributed by atoms with Gasteiger partial charge in [0.25, 0.3) is 0 Å². The van der Waals surface area contributed by atoms with Crippen LogP contribution in [0.2, 0.25) is 0 Å². The molecule has 0 bridgehead atoms. The van der Waals surface area contributed by atoms with Crippen LogP contribution in [-0.4, -0.2) is 0 Å². The molecule has 0 nitrogen and oxygen atoms in total. The normalized spacial score (nSPS) is 40.4. The van der Waals surface area contributed by atoms with E-state index in [1.165, 1.54) is 108 Å². The Kier molecular flexibility index (Phi) is 9.94. The highest BCUT2D eigenvalue weighted by Crippen LogP contribution is 2.56. The molecule has 0 aliphatic heterocycles. The summed E-state index contributed by atoms with van der Waals surface area (Å²) in [5, 5.41) is 0. The standard InChI is InChI=1S/C38H58/c1-5-8-30-15-23-35(33-20-13-29(7-3)14-21-33)37(25-30)38-26-34(31-18-11-28(6-2)12-19-31)22-24-36(38)32-16-9-27(4)10-17-32/h6-7,9-10,16-17,28-31,33-38H,2-3,5,8,11-15,18-26H2,1,4H3. The summed E-state index contributed by atoms with van der Waals surface area (Å²) in [5.41, 5.74) is 3.08. The van der Waals surface area contributed by atoms with Gasteiger partial charge in [0.1, 0.15) is 0 Å². The van der Waals surface area contributed by atoms with Gasteiger partial charge in [0, 0.05) is 0 Å². The number of benzene rings is 1. The van der Waals surface area contributed by atoms with E-state index in [9.17, 15) is 0 Å². The Hall–Kier alpha value is -1.30. The van der Waals surface area contributed by atoms with Crippen molar-refractivity contribution >= 4 is 0 Å². The highest BCUT2D eigenvalue weighted by atomic mass is 14.5. The van der Waals surface area contributed by atoms with Crippen molar-refractivity contribution in [2.24, 2.45) is 53.3 Å². The van der Waals surface area contributed by atoms with Crippen LogP contribution in [0, 0.1) is 60.2 Å². The van der Waals surface area contributed by atoms with Crippen molar-refractivity contribution < 1.29 is 0 Å². The molecule has 4 saturated carbocycles. The van der Waals surface area contributed by atoms with Crippen LogP contribution >= 0.6 is 0 Å². The minimum absolute atomic E-state index is 0.784. The number of aryl methyl sites for hydroxylation is 1. The lowest BCUT2D eigenvalue weighted by Gasteiger charge is -2.51. The zero-order chi connectivity index (χ0) is 26.5. The second-order valence-corrected chi connectivity index (χ2v) is 14.4. The minimum Gasteiger partial charge on any atom is -0.103 e. The highest BCUT2D eigenvalue weighted by molar-refractivity contribution is 5.26. The maximum Gasteiger partial charge on any atom is -0.0131 e. The molecule has 38 heavy (non-hydrogen) atoms. The summed E-state index contributed by atoms with van der Waals surface area (Å²) in [7, 11) is 0. The largest absolute Gasteiger partial charge is 0.103 e. The summed E-state index contributed by atoms with van der Waals surface area (Å²) in [6.07, 6.45) is 27.8. The van der Waals surface area contributed by atoms with Gasteiger partial charge in [0.05, 0.1) is 0 Å². The quantitative estimate of drug-likeness (QED) is 0.303. The maximum absolute atomic E-state index is 4.15. The summed E-state index contributed by atoms with van der Waals surface area (Å²) in [4.78, 5) is 0. The lowest BCUT2D eigenvalue weighted by atomic mass is 9.54. The molecule has 0 spiro atoms. The first-order valence-corrected chi connectivity index (χ1v) is 16.9. The minimum atomic E-state index is 0.784. The van der Waals surface area contributed by atoms with E-state index in [0.717, 1.165) is 59.2 Å². The average Bonchev–Trinajstić information content (AvgIpc) is 2.97. The Morgan fingerprint density at radius 1 is 0.632 bits per heavy atom. The molecule has 1 aromatic carbocycles. The Morgan fingerprint density at radius 3 is 1.84 bits per heavy atom. The first kappa shape index (κ1) is 28.2. The fourth-order valence-corrected chi connectivity index (χ4v) is 10.1. The van der Waals surface area contributed by atoms with Gasteiger partial charge in [-0.25, -0.2) is 0 Å². The van der Waals surface area contributed by atoms with Crippen LogP contribution in [0.5, 0.6) is 0 Å². The molecule has 210 valence electrons. The van der Waals surface area contributed by atoms with Gasteiger partial charge in [0.2, 0.25) is 0 Å². The summed E-state index contributed by atoms with van der Waals surface area (Å²) >= 11 is 0. The fraction of sp³-hybridized carbons (Fsp3) is 0.737. The van der Waals surface area contributed by atoms with Crippen LogP contribution in [0.4, 0.5) is 0 Å². The molecule has 0 N–H and O–H groups in total. The van der Waals surface area contributed by atoms with E-state index in [0.29, 0.717) is 0 Å². The van der Waals surface area contributed by atoms with E-state index in [1.54, 1.807) is 5.56 Å². The predicted octanol–water partition coefficient (Wildman–Crippen LogP) is 11.3. The number of rotatable bonds is 8. The summed E-state index contributed by atoms with van der Waals surface area (Å²) in [6.45, 7) is 12.9. The maximum atomic E-state index is 4.15. The zero-order valence-electron chi connectivity index (χ0n) is 25.0. The van der Waals surface area contributed by atoms with Gasteiger partial charge in [-0.2, -0.15) is 0 Å². The molecule has 1 aromatic rings. The van der Waals surface area contributed by atoms with Crippen molar-refractivity contribution in [3.8, 4) is 0 Å². The van der Waals surface area contributed by atoms with Crippen LogP contribution in [0.1, 0.15) is 127 Å². The van der Waals surface area contributed by atoms with Gasteiger partial charge >= 0.3 is 0 Å². The van der Waals surface area contributed by atoms with Gasteiger partial charge in [-0.15, -0.1) is 13.2 Å². The monoisotopic (exact) mass is 514 g/mol. The third-order valence-electron chi connectivity index (χ3n) is 12.3. The molecule has 0 amide bonds. The highest BCUT2D eigenvalue weighted by Gasteiger charge is 2.46. The number of hydrogen-bond acceptors (Lipinski definition) is 0. The van der Waals surface area contributed by atoms with E-state index in [2.05, 4.69) is 63.4 Å². The van der Waals surface area contributed by atoms with Crippen molar-refractivity contribution in [3.63, 3.8) is 0 Å². The Bertz CT molecular complexity index is 862. The van der Waals surface area contributed by atoms with E-state index in [1.807, 2.05) is 0 Å². The summed E-state index contributed by atoms with van der Waals surface area (Å²) in [5.74, 6) is 9.07. The first-order valence-electron chi connectivity index (χ1n) is 16.9. The van der Waals surface area contributed by atoms with Crippen LogP contribution in [0.25, 0.3) is 0 Å². The van der Waals surface area contributed by atoms with E-state index < -0.39 is 0 Å². The molecule has 6 atom stereocenters. The van der Waals surface area contributed by atoms with Gasteiger partial charge in [-0.3, -0.25) is 0 Å². The second kappa shape index (κ2) is 13.4. The fourth-order valence-electron chi connectivity index (χ4n) is 10.1. The molecule has 0 heteroatoms. The predicted molar refractivity (Wildman–Crippen MR) is 165 cm³/mol. The molecule has 6 unspecified atom stereocenters. The molecule has 0 saturated heterocycles. The number of allylic oxidation sites excluding steroid dienone is 2. The topological polar surface area (TPSA) is 0 Å². The molecule has 0 heterocycles. The average molecular weight is 515 g/mol. The molecule has 4 fully saturated rings. The third kappa shape index (κ3) is 6.53. The van der Waals surface area contributed by atoms with E-state index in [-0.39, 0.29) is 0 Å². The van der Waals surface area contributed by atoms with E-state index >= 15 is 0 Å². The van der Waals surface area contributed by atoms with Crippen molar-refractivity contribution in [1.29, 1.82) is 0 Å². The van der Waals surface area contributed by atoms with Gasteiger partial charge in [-0.1, -0.05) is 68.2 Å². The lowest BCUT2D eigenvalue weighted by Crippen LogP contribution is -2.41. The lowest BCUT2D eigenvalue weighted by molar-refractivity contribution is 0.00956. The van der Waals surface area contributed by atoms with Crippen molar-refractivity contribution in [2.75, 3.05) is 0 Å². The van der Waals surface area contributed by atoms with Crippen molar-refractivity contribution in [3.05, 3.63) is 60.7 Å². The SMILES string of the molecule is C=CC1CCC(C2CCC(c3ccc(C)cc3)C(C3CC(CCC)CCC3C3CCC(C=C)CC3)C2)CC1. The van der Waals surface area contributed by atoms with Crippen LogP contribution < -0.4 is 0 Å². The Labute approximate surface area is 236 Å². The zero-order valence-corrected chi connectivity index (χ0v) is 25.0. The third-order valence-corrected chi connectivity index (χ3v) is 12.3. The Morgan fingerprint density at radius 2 is 1.24 bits per heavy atom. The second-order valence-electron chi connectivity index (χ2n) is 14.4. The van der Waals surface area contributed by atoms with Gasteiger partial charge in [0.15, 0.2) is 0 Å². The molecule has 0 aromatic heterocycles. The van der Waals surface area contributed by atoms with Gasteiger partial charge in [-0.05, 0) is 155 Å². The summed E-state index contributed by atoms with van der Waals surface area (Å²) in [6, 6.07) is 9.81. The molecule has 4 aliphatic rings. The Balaban J connectivity index is 1.41. The molecule has 4 aliphatic carbocycles. The smallest absolute Gasteiger partial charge is 0.0131 e. The number of hydrogen-bond donors (Lipinski definition) is 0. The first-order chi connectivity index (χ1) is 18.6. The molecule has 5 rings (SSSR count). The van der Waals surface area contributed by atoms with Crippen LogP contribution in [0.3, 0.4) is 0 Å². The summed E-state index contributed by atoms with van der Waals surface area (Å²) < 4.78 is 0. The van der Waals surface area contributed by atoms with Crippen molar-refractivity contribution in [2.45, 2.75) is 122 Å². The van der Waals surface area contributed by atoms with Gasteiger partial charge < -0.3 is 0 Å². The van der Waals surface area contributed by atoms with Crippen molar-refractivity contribution in [1.82, 2.24) is 0 Å². The van der Waals surface area contributed by atoms with Crippen LogP contribution in [0.15, 0.2) is 49.6 Å². The molecular weight excluding hydrogens is 456 g/mol. The van der Waals surface area contributed by atoms with E-state index in [4.69, 9.17) is 0 Å². The molecule has 0 radical (unpaired) electrons. The van der Waals surface area contributed by atoms with Crippen LogP contribution in [-0.2, 0) is 0 Å².